The number of hydrogen-bond acceptors (Lipinski definition) is 6. The maximum atomic E-state index is 14.0. The first kappa shape index (κ1) is 21.0. The number of primary sulfonamides is 1. The number of nitrogens with zero attached hydrogens (tertiary/aromatic N) is 3. The number of anilines is 1. The predicted octanol–water partition coefficient (Wildman–Crippen LogP) is 2.39. The molecule has 1 heterocycles. The quantitative estimate of drug-likeness (QED) is 0.574. The van der Waals surface area contributed by atoms with Gasteiger partial charge in [-0.3, -0.25) is 4.79 Å². The molecular weight excluding hydrogens is 417 g/mol. The monoisotopic (exact) mass is 435 g/mol. The Bertz CT molecular complexity index is 1150. The van der Waals surface area contributed by atoms with Crippen LogP contribution in [0.1, 0.15) is 6.92 Å². The Morgan fingerprint density at radius 1 is 1.17 bits per heavy atom. The van der Waals surface area contributed by atoms with E-state index in [4.69, 9.17) is 5.14 Å². The summed E-state index contributed by atoms with van der Waals surface area (Å²) in [6, 6.07) is 11.8. The van der Waals surface area contributed by atoms with Gasteiger partial charge in [-0.1, -0.05) is 23.9 Å². The van der Waals surface area contributed by atoms with Gasteiger partial charge in [-0.25, -0.2) is 17.9 Å². The van der Waals surface area contributed by atoms with Crippen molar-refractivity contribution >= 4 is 33.4 Å². The number of aromatic nitrogens is 3. The number of halogens is 1. The Balaban J connectivity index is 1.70. The molecule has 0 aliphatic rings. The van der Waals surface area contributed by atoms with Gasteiger partial charge in [0, 0.05) is 12.7 Å². The van der Waals surface area contributed by atoms with Gasteiger partial charge in [-0.2, -0.15) is 0 Å². The van der Waals surface area contributed by atoms with E-state index in [-0.39, 0.29) is 10.8 Å². The molecule has 0 saturated heterocycles. The number of nitrogens with one attached hydrogen (secondary N) is 1. The van der Waals surface area contributed by atoms with Gasteiger partial charge in [0.25, 0.3) is 0 Å². The fourth-order valence-electron chi connectivity index (χ4n) is 2.48. The number of carbonyl (C=O) groups is 1. The zero-order valence-electron chi connectivity index (χ0n) is 15.5. The molecule has 0 aliphatic carbocycles. The Labute approximate surface area is 171 Å². The lowest BCUT2D eigenvalue weighted by Gasteiger charge is -2.12. The van der Waals surface area contributed by atoms with E-state index in [0.29, 0.717) is 22.2 Å². The lowest BCUT2D eigenvalue weighted by Crippen LogP contribution is -2.23. The molecule has 0 aliphatic heterocycles. The first-order chi connectivity index (χ1) is 13.7. The number of thioether (sulfide) groups is 1. The van der Waals surface area contributed by atoms with Crippen molar-refractivity contribution in [2.24, 2.45) is 12.2 Å². The summed E-state index contributed by atoms with van der Waals surface area (Å²) in [5, 5.41) is 15.7. The van der Waals surface area contributed by atoms with Gasteiger partial charge in [-0.05, 0) is 43.3 Å². The second-order valence-corrected chi connectivity index (χ2v) is 9.03. The van der Waals surface area contributed by atoms with Gasteiger partial charge >= 0.3 is 0 Å². The molecule has 0 unspecified atom stereocenters. The predicted molar refractivity (Wildman–Crippen MR) is 108 cm³/mol. The van der Waals surface area contributed by atoms with Crippen LogP contribution in [0.4, 0.5) is 10.1 Å². The van der Waals surface area contributed by atoms with Crippen LogP contribution in [-0.2, 0) is 21.9 Å². The second kappa shape index (κ2) is 8.31. The van der Waals surface area contributed by atoms with Crippen molar-refractivity contribution in [1.82, 2.24) is 14.8 Å². The van der Waals surface area contributed by atoms with Crippen molar-refractivity contribution < 1.29 is 17.6 Å². The number of nitrogens with two attached hydrogens (primary N) is 1. The van der Waals surface area contributed by atoms with E-state index >= 15 is 0 Å². The lowest BCUT2D eigenvalue weighted by atomic mass is 10.2. The van der Waals surface area contributed by atoms with E-state index in [1.807, 2.05) is 0 Å². The fraction of sp³-hybridized carbons (Fsp3) is 0.167. The molecule has 2 aromatic carbocycles. The van der Waals surface area contributed by atoms with Gasteiger partial charge in [0.1, 0.15) is 5.82 Å². The van der Waals surface area contributed by atoms with Crippen LogP contribution < -0.4 is 10.5 Å². The molecule has 3 N–H and O–H groups in total. The summed E-state index contributed by atoms with van der Waals surface area (Å²) in [5.41, 5.74) is 0.751. The second-order valence-electron chi connectivity index (χ2n) is 6.16. The minimum Gasteiger partial charge on any atom is -0.325 e. The average Bonchev–Trinajstić information content (AvgIpc) is 3.02. The summed E-state index contributed by atoms with van der Waals surface area (Å²) in [6.45, 7) is 1.69. The molecule has 0 radical (unpaired) electrons. The Kier molecular flexibility index (Phi) is 6.01. The van der Waals surface area contributed by atoms with Crippen LogP contribution in [0.2, 0.25) is 0 Å². The molecule has 29 heavy (non-hydrogen) atoms. The largest absolute Gasteiger partial charge is 0.325 e. The first-order valence-electron chi connectivity index (χ1n) is 8.41. The van der Waals surface area contributed by atoms with Crippen LogP contribution in [0.3, 0.4) is 0 Å². The standard InChI is InChI=1S/C18H18FN5O3S2/c1-11(17(25)21-12-7-9-13(10-8-12)29(20,26)27)28-18-23-22-16(24(18)2)14-5-3-4-6-15(14)19/h3-11H,1-2H3,(H,21,25)(H2,20,26,27)/t11-/m1/s1. The van der Waals surface area contributed by atoms with Crippen LogP contribution in [0.25, 0.3) is 11.4 Å². The maximum absolute atomic E-state index is 14.0. The van der Waals surface area contributed by atoms with Crippen LogP contribution in [-0.4, -0.2) is 34.3 Å². The van der Waals surface area contributed by atoms with Gasteiger partial charge < -0.3 is 9.88 Å². The van der Waals surface area contributed by atoms with Crippen LogP contribution in [0.15, 0.2) is 58.6 Å². The van der Waals surface area contributed by atoms with Crippen molar-refractivity contribution in [3.05, 3.63) is 54.3 Å². The van der Waals surface area contributed by atoms with Crippen LogP contribution in [0.5, 0.6) is 0 Å². The Morgan fingerprint density at radius 3 is 2.45 bits per heavy atom. The highest BCUT2D eigenvalue weighted by atomic mass is 32.2. The Hall–Kier alpha value is -2.76. The molecule has 1 amide bonds. The third-order valence-corrected chi connectivity index (χ3v) is 6.11. The van der Waals surface area contributed by atoms with Gasteiger partial charge in [0.05, 0.1) is 15.7 Å². The van der Waals surface area contributed by atoms with Crippen molar-refractivity contribution in [3.8, 4) is 11.4 Å². The average molecular weight is 436 g/mol. The third kappa shape index (κ3) is 4.81. The molecular formula is C18H18FN5O3S2. The van der Waals surface area contributed by atoms with Gasteiger partial charge in [0.15, 0.2) is 11.0 Å². The molecule has 0 spiro atoms. The van der Waals surface area contributed by atoms with Gasteiger partial charge in [0.2, 0.25) is 15.9 Å². The zero-order chi connectivity index (χ0) is 21.2. The van der Waals surface area contributed by atoms with E-state index in [1.165, 1.54) is 42.1 Å². The topological polar surface area (TPSA) is 120 Å². The molecule has 1 atom stereocenters. The normalized spacial score (nSPS) is 12.6. The van der Waals surface area contributed by atoms with E-state index in [0.717, 1.165) is 0 Å². The summed E-state index contributed by atoms with van der Waals surface area (Å²) in [7, 11) is -2.10. The smallest absolute Gasteiger partial charge is 0.238 e. The number of benzene rings is 2. The van der Waals surface area contributed by atoms with E-state index in [1.54, 1.807) is 36.7 Å². The summed E-state index contributed by atoms with van der Waals surface area (Å²) in [6.07, 6.45) is 0. The zero-order valence-corrected chi connectivity index (χ0v) is 17.2. The van der Waals surface area contributed by atoms with Crippen molar-refractivity contribution in [1.29, 1.82) is 0 Å². The molecule has 0 fully saturated rings. The minimum atomic E-state index is -3.80. The highest BCUT2D eigenvalue weighted by Crippen LogP contribution is 2.27. The molecule has 8 nitrogen and oxygen atoms in total. The van der Waals surface area contributed by atoms with E-state index in [2.05, 4.69) is 15.5 Å². The number of hydrogen-bond donors (Lipinski definition) is 2. The molecule has 0 bridgehead atoms. The Morgan fingerprint density at radius 2 is 1.83 bits per heavy atom. The SMILES string of the molecule is C[C@@H](Sc1nnc(-c2ccccc2F)n1C)C(=O)Nc1ccc(S(N)(=O)=O)cc1. The number of sulfonamides is 1. The summed E-state index contributed by atoms with van der Waals surface area (Å²) in [4.78, 5) is 12.4. The molecule has 3 aromatic rings. The van der Waals surface area contributed by atoms with Crippen LogP contribution >= 0.6 is 11.8 Å². The number of rotatable bonds is 6. The molecule has 152 valence electrons. The van der Waals surface area contributed by atoms with Crippen LogP contribution in [0, 0.1) is 5.82 Å². The van der Waals surface area contributed by atoms with E-state index in [9.17, 15) is 17.6 Å². The summed E-state index contributed by atoms with van der Waals surface area (Å²) in [5.74, 6) is -0.362. The third-order valence-electron chi connectivity index (χ3n) is 4.05. The summed E-state index contributed by atoms with van der Waals surface area (Å²) < 4.78 is 38.2. The molecule has 1 aromatic heterocycles. The molecule has 11 heteroatoms. The van der Waals surface area contributed by atoms with E-state index < -0.39 is 21.1 Å². The highest BCUT2D eigenvalue weighted by Gasteiger charge is 2.20. The molecule has 3 rings (SSSR count). The van der Waals surface area contributed by atoms with Gasteiger partial charge in [-0.15, -0.1) is 10.2 Å². The minimum absolute atomic E-state index is 0.0438. The first-order valence-corrected chi connectivity index (χ1v) is 10.8. The fourth-order valence-corrected chi connectivity index (χ4v) is 3.81. The van der Waals surface area contributed by atoms with Crippen molar-refractivity contribution in [3.63, 3.8) is 0 Å². The maximum Gasteiger partial charge on any atom is 0.238 e. The number of carbonyl (C=O) groups excluding carboxylic acids is 1. The summed E-state index contributed by atoms with van der Waals surface area (Å²) >= 11 is 1.17. The lowest BCUT2D eigenvalue weighted by molar-refractivity contribution is -0.115. The highest BCUT2D eigenvalue weighted by molar-refractivity contribution is 8.00. The number of amides is 1. The molecule has 0 saturated carbocycles. The van der Waals surface area contributed by atoms with Crippen molar-refractivity contribution in [2.45, 2.75) is 22.2 Å². The van der Waals surface area contributed by atoms with Crippen molar-refractivity contribution in [2.75, 3.05) is 5.32 Å².